The summed E-state index contributed by atoms with van der Waals surface area (Å²) in [5.74, 6) is 0. The van der Waals surface area contributed by atoms with Crippen LogP contribution in [0.4, 0.5) is 0 Å². The highest BCUT2D eigenvalue weighted by atomic mass is 15.2. The largest absolute Gasteiger partial charge is 0.307 e. The molecule has 1 aromatic heterocycles. The molecule has 98 valence electrons. The Morgan fingerprint density at radius 1 is 1.28 bits per heavy atom. The molecule has 2 unspecified atom stereocenters. The number of nitrogens with one attached hydrogen (secondary N) is 1. The van der Waals surface area contributed by atoms with E-state index < -0.39 is 0 Å². The molecule has 0 aliphatic carbocycles. The molecule has 1 aromatic rings. The van der Waals surface area contributed by atoms with Gasteiger partial charge in [0.05, 0.1) is 0 Å². The predicted molar refractivity (Wildman–Crippen MR) is 73.4 cm³/mol. The first kappa shape index (κ1) is 12.1. The predicted octanol–water partition coefficient (Wildman–Crippen LogP) is 2.36. The van der Waals surface area contributed by atoms with Crippen LogP contribution in [0.5, 0.6) is 0 Å². The molecular formula is C15H23N3. The van der Waals surface area contributed by atoms with Crippen molar-refractivity contribution in [1.82, 2.24) is 15.2 Å². The van der Waals surface area contributed by atoms with Gasteiger partial charge in [0.25, 0.3) is 0 Å². The average Bonchev–Trinajstić information content (AvgIpc) is 2.87. The van der Waals surface area contributed by atoms with E-state index in [1.54, 1.807) is 0 Å². The van der Waals surface area contributed by atoms with Crippen molar-refractivity contribution in [3.63, 3.8) is 0 Å². The molecule has 0 saturated carbocycles. The maximum atomic E-state index is 4.08. The summed E-state index contributed by atoms with van der Waals surface area (Å²) in [4.78, 5) is 6.76. The van der Waals surface area contributed by atoms with Gasteiger partial charge in [-0.2, -0.15) is 0 Å². The van der Waals surface area contributed by atoms with E-state index in [0.717, 1.165) is 6.04 Å². The summed E-state index contributed by atoms with van der Waals surface area (Å²) in [5, 5.41) is 3.79. The summed E-state index contributed by atoms with van der Waals surface area (Å²) in [6.07, 6.45) is 9.20. The van der Waals surface area contributed by atoms with Gasteiger partial charge in [-0.25, -0.2) is 0 Å². The molecule has 0 amide bonds. The van der Waals surface area contributed by atoms with E-state index >= 15 is 0 Å². The monoisotopic (exact) mass is 245 g/mol. The van der Waals surface area contributed by atoms with Crippen molar-refractivity contribution in [3.8, 4) is 0 Å². The fourth-order valence-electron chi connectivity index (χ4n) is 3.48. The Kier molecular flexibility index (Phi) is 3.62. The third kappa shape index (κ3) is 2.57. The Bertz CT molecular complexity index is 379. The van der Waals surface area contributed by atoms with E-state index in [-0.39, 0.29) is 0 Å². The first-order valence-corrected chi connectivity index (χ1v) is 7.23. The van der Waals surface area contributed by atoms with Crippen LogP contribution >= 0.6 is 0 Å². The molecule has 2 fully saturated rings. The molecule has 0 bridgehead atoms. The molecule has 0 aromatic carbocycles. The SMILES string of the molecule is C[C@@H](NC1CCN2CCCC2C1)c1ccncc1. The quantitative estimate of drug-likeness (QED) is 0.886. The zero-order valence-electron chi connectivity index (χ0n) is 11.2. The van der Waals surface area contributed by atoms with E-state index in [0.29, 0.717) is 12.1 Å². The Hall–Kier alpha value is -0.930. The third-order valence-corrected chi connectivity index (χ3v) is 4.51. The van der Waals surface area contributed by atoms with Gasteiger partial charge in [-0.05, 0) is 63.4 Å². The third-order valence-electron chi connectivity index (χ3n) is 4.51. The highest BCUT2D eigenvalue weighted by Crippen LogP contribution is 2.28. The average molecular weight is 245 g/mol. The fraction of sp³-hybridized carbons (Fsp3) is 0.667. The van der Waals surface area contributed by atoms with Gasteiger partial charge in [0, 0.05) is 30.5 Å². The number of pyridine rings is 1. The second kappa shape index (κ2) is 5.37. The standard InChI is InChI=1S/C15H23N3/c1-12(13-4-7-16-8-5-13)17-14-6-10-18-9-2-3-15(18)11-14/h4-5,7-8,12,14-15,17H,2-3,6,9-11H2,1H3/t12-,14?,15?/m1/s1. The maximum Gasteiger partial charge on any atom is 0.0295 e. The summed E-state index contributed by atoms with van der Waals surface area (Å²) < 4.78 is 0. The van der Waals surface area contributed by atoms with E-state index in [1.807, 2.05) is 12.4 Å². The molecule has 2 saturated heterocycles. The van der Waals surface area contributed by atoms with Gasteiger partial charge in [-0.1, -0.05) is 0 Å². The topological polar surface area (TPSA) is 28.2 Å². The summed E-state index contributed by atoms with van der Waals surface area (Å²) >= 11 is 0. The van der Waals surface area contributed by atoms with Crippen molar-refractivity contribution in [2.24, 2.45) is 0 Å². The summed E-state index contributed by atoms with van der Waals surface area (Å²) in [6.45, 7) is 4.87. The molecule has 2 aliphatic heterocycles. The fourth-order valence-corrected chi connectivity index (χ4v) is 3.48. The lowest BCUT2D eigenvalue weighted by atomic mass is 9.96. The first-order valence-electron chi connectivity index (χ1n) is 7.23. The van der Waals surface area contributed by atoms with Crippen LogP contribution in [0.15, 0.2) is 24.5 Å². The van der Waals surface area contributed by atoms with Crippen LogP contribution in [0.1, 0.15) is 44.2 Å². The van der Waals surface area contributed by atoms with Gasteiger partial charge in [-0.3, -0.25) is 4.98 Å². The molecule has 0 spiro atoms. The van der Waals surface area contributed by atoms with Gasteiger partial charge in [0.2, 0.25) is 0 Å². The lowest BCUT2D eigenvalue weighted by molar-refractivity contribution is 0.162. The van der Waals surface area contributed by atoms with Crippen LogP contribution in [0.25, 0.3) is 0 Å². The van der Waals surface area contributed by atoms with E-state index in [9.17, 15) is 0 Å². The van der Waals surface area contributed by atoms with Crippen molar-refractivity contribution < 1.29 is 0 Å². The Morgan fingerprint density at radius 3 is 2.94 bits per heavy atom. The van der Waals surface area contributed by atoms with Gasteiger partial charge in [0.15, 0.2) is 0 Å². The number of fused-ring (bicyclic) bond motifs is 1. The minimum absolute atomic E-state index is 0.436. The lowest BCUT2D eigenvalue weighted by Gasteiger charge is -2.36. The molecule has 3 atom stereocenters. The van der Waals surface area contributed by atoms with E-state index in [1.165, 1.54) is 44.3 Å². The van der Waals surface area contributed by atoms with Crippen LogP contribution in [-0.4, -0.2) is 35.1 Å². The molecule has 0 radical (unpaired) electrons. The highest BCUT2D eigenvalue weighted by molar-refractivity contribution is 5.14. The van der Waals surface area contributed by atoms with Crippen molar-refractivity contribution in [2.45, 2.75) is 50.7 Å². The van der Waals surface area contributed by atoms with Crippen LogP contribution in [0, 0.1) is 0 Å². The molecule has 1 N–H and O–H groups in total. The number of piperidine rings is 1. The van der Waals surface area contributed by atoms with Gasteiger partial charge < -0.3 is 10.2 Å². The lowest BCUT2D eigenvalue weighted by Crippen LogP contribution is -2.46. The number of nitrogens with zero attached hydrogens (tertiary/aromatic N) is 2. The molecule has 3 heteroatoms. The molecule has 18 heavy (non-hydrogen) atoms. The van der Waals surface area contributed by atoms with Crippen LogP contribution in [-0.2, 0) is 0 Å². The molecule has 3 rings (SSSR count). The Labute approximate surface area is 110 Å². The van der Waals surface area contributed by atoms with Gasteiger partial charge in [0.1, 0.15) is 0 Å². The van der Waals surface area contributed by atoms with Crippen molar-refractivity contribution >= 4 is 0 Å². The van der Waals surface area contributed by atoms with E-state index in [2.05, 4.69) is 34.3 Å². The molecule has 2 aliphatic rings. The summed E-state index contributed by atoms with van der Waals surface area (Å²) in [6, 6.07) is 6.20. The summed E-state index contributed by atoms with van der Waals surface area (Å²) in [5.41, 5.74) is 1.35. The number of rotatable bonds is 3. The minimum Gasteiger partial charge on any atom is -0.307 e. The Balaban J connectivity index is 1.57. The second-order valence-electron chi connectivity index (χ2n) is 5.72. The normalized spacial score (nSPS) is 30.1. The van der Waals surface area contributed by atoms with E-state index in [4.69, 9.17) is 0 Å². The number of hydrogen-bond acceptors (Lipinski definition) is 3. The number of aromatic nitrogens is 1. The highest BCUT2D eigenvalue weighted by Gasteiger charge is 2.31. The number of hydrogen-bond donors (Lipinski definition) is 1. The minimum atomic E-state index is 0.436. The van der Waals surface area contributed by atoms with Gasteiger partial charge in [-0.15, -0.1) is 0 Å². The van der Waals surface area contributed by atoms with Crippen LogP contribution in [0.2, 0.25) is 0 Å². The first-order chi connectivity index (χ1) is 8.83. The van der Waals surface area contributed by atoms with Crippen molar-refractivity contribution in [3.05, 3.63) is 30.1 Å². The maximum absolute atomic E-state index is 4.08. The molecule has 3 nitrogen and oxygen atoms in total. The van der Waals surface area contributed by atoms with Crippen molar-refractivity contribution in [2.75, 3.05) is 13.1 Å². The molecule has 3 heterocycles. The smallest absolute Gasteiger partial charge is 0.0295 e. The van der Waals surface area contributed by atoms with Crippen molar-refractivity contribution in [1.29, 1.82) is 0 Å². The summed E-state index contributed by atoms with van der Waals surface area (Å²) in [7, 11) is 0. The van der Waals surface area contributed by atoms with Gasteiger partial charge >= 0.3 is 0 Å². The second-order valence-corrected chi connectivity index (χ2v) is 5.72. The zero-order valence-corrected chi connectivity index (χ0v) is 11.2. The van der Waals surface area contributed by atoms with Crippen LogP contribution < -0.4 is 5.32 Å². The zero-order chi connectivity index (χ0) is 12.4. The Morgan fingerprint density at radius 2 is 2.11 bits per heavy atom. The molecular weight excluding hydrogens is 222 g/mol. The van der Waals surface area contributed by atoms with Crippen LogP contribution in [0.3, 0.4) is 0 Å².